The van der Waals surface area contributed by atoms with E-state index < -0.39 is 10.3 Å². The van der Waals surface area contributed by atoms with Gasteiger partial charge in [-0.1, -0.05) is 27.2 Å². The minimum atomic E-state index is -4.03. The molecule has 7 nitrogen and oxygen atoms in total. The molecule has 1 heterocycles. The van der Waals surface area contributed by atoms with Crippen LogP contribution in [0, 0.1) is 0 Å². The van der Waals surface area contributed by atoms with Crippen molar-refractivity contribution in [3.05, 3.63) is 59.2 Å². The van der Waals surface area contributed by atoms with Crippen LogP contribution >= 0.6 is 15.9 Å². The molecule has 2 N–H and O–H groups in total. The predicted octanol–water partition coefficient (Wildman–Crippen LogP) is 2.28. The van der Waals surface area contributed by atoms with Crippen molar-refractivity contribution < 1.29 is 12.6 Å². The molecule has 0 bridgehead atoms. The van der Waals surface area contributed by atoms with Gasteiger partial charge < -0.3 is 4.18 Å². The van der Waals surface area contributed by atoms with E-state index in [0.717, 1.165) is 15.7 Å². The minimum absolute atomic E-state index is 0.135. The maximum Gasteiger partial charge on any atom is 0.380 e. The molecule has 0 amide bonds. The van der Waals surface area contributed by atoms with E-state index in [4.69, 9.17) is 5.14 Å². The van der Waals surface area contributed by atoms with Gasteiger partial charge in [-0.05, 0) is 42.5 Å². The number of benzene rings is 2. The fraction of sp³-hybridized carbons (Fsp3) is 0. The Kier molecular flexibility index (Phi) is 4.16. The van der Waals surface area contributed by atoms with Crippen molar-refractivity contribution in [1.82, 2.24) is 15.0 Å². The van der Waals surface area contributed by atoms with E-state index in [1.54, 1.807) is 23.0 Å². The summed E-state index contributed by atoms with van der Waals surface area (Å²) in [5.74, 6) is 0.135. The molecule has 0 spiro atoms. The number of hydrogen-bond donors (Lipinski definition) is 1. The minimum Gasteiger partial charge on any atom is -0.371 e. The Morgan fingerprint density at radius 3 is 2.52 bits per heavy atom. The summed E-state index contributed by atoms with van der Waals surface area (Å²) in [6.07, 6.45) is 1.78. The van der Waals surface area contributed by atoms with Crippen LogP contribution in [0.1, 0.15) is 0 Å². The highest BCUT2D eigenvalue weighted by Gasteiger charge is 2.08. The molecule has 0 aliphatic heterocycles. The fourth-order valence-corrected chi connectivity index (χ4v) is 2.72. The highest BCUT2D eigenvalue weighted by atomic mass is 79.9. The quantitative estimate of drug-likeness (QED) is 0.731. The third-order valence-corrected chi connectivity index (χ3v) is 3.85. The highest BCUT2D eigenvalue weighted by molar-refractivity contribution is 9.10. The van der Waals surface area contributed by atoms with Gasteiger partial charge in [-0.3, -0.25) is 0 Å². The summed E-state index contributed by atoms with van der Waals surface area (Å²) in [5.41, 5.74) is 2.28. The Balaban J connectivity index is 1.86. The molecule has 0 fully saturated rings. The van der Waals surface area contributed by atoms with Crippen LogP contribution < -0.4 is 9.32 Å². The standard InChI is InChI=1S/C14H11BrN4O3S/c15-11-2-1-3-12(8-11)19-9-14(17-18-19)10-4-6-13(7-5-10)22-23(16,20)21/h1-9H,(H2,16,20,21). The maximum atomic E-state index is 10.9. The summed E-state index contributed by atoms with van der Waals surface area (Å²) < 4.78 is 28.9. The van der Waals surface area contributed by atoms with Gasteiger partial charge in [0.2, 0.25) is 0 Å². The van der Waals surface area contributed by atoms with E-state index in [-0.39, 0.29) is 5.75 Å². The number of nitrogens with two attached hydrogens (primary N) is 1. The molecular formula is C14H11BrN4O3S. The highest BCUT2D eigenvalue weighted by Crippen LogP contribution is 2.22. The number of nitrogens with zero attached hydrogens (tertiary/aromatic N) is 3. The van der Waals surface area contributed by atoms with E-state index in [9.17, 15) is 8.42 Å². The zero-order valence-corrected chi connectivity index (χ0v) is 14.0. The SMILES string of the molecule is NS(=O)(=O)Oc1ccc(-c2cn(-c3cccc(Br)c3)nn2)cc1. The van der Waals surface area contributed by atoms with Gasteiger partial charge in [0.05, 0.1) is 11.9 Å². The second-order valence-electron chi connectivity index (χ2n) is 4.63. The van der Waals surface area contributed by atoms with Crippen LogP contribution in [0.4, 0.5) is 0 Å². The second-order valence-corrected chi connectivity index (χ2v) is 6.70. The first-order valence-electron chi connectivity index (χ1n) is 6.42. The van der Waals surface area contributed by atoms with Gasteiger partial charge in [0, 0.05) is 10.0 Å². The third kappa shape index (κ3) is 3.95. The van der Waals surface area contributed by atoms with Gasteiger partial charge in [-0.25, -0.2) is 4.68 Å². The summed E-state index contributed by atoms with van der Waals surface area (Å²) in [5, 5.41) is 13.0. The zero-order valence-electron chi connectivity index (χ0n) is 11.6. The Morgan fingerprint density at radius 2 is 1.87 bits per heavy atom. The van der Waals surface area contributed by atoms with Crippen molar-refractivity contribution in [2.24, 2.45) is 5.14 Å². The molecule has 0 saturated heterocycles. The smallest absolute Gasteiger partial charge is 0.371 e. The van der Waals surface area contributed by atoms with Gasteiger partial charge in [-0.15, -0.1) is 5.10 Å². The summed E-state index contributed by atoms with van der Waals surface area (Å²) in [7, 11) is -4.03. The molecule has 0 saturated carbocycles. The molecule has 0 atom stereocenters. The van der Waals surface area contributed by atoms with Crippen LogP contribution in [0.5, 0.6) is 5.75 Å². The van der Waals surface area contributed by atoms with E-state index in [1.165, 1.54) is 12.1 Å². The van der Waals surface area contributed by atoms with Crippen LogP contribution in [0.3, 0.4) is 0 Å². The van der Waals surface area contributed by atoms with Gasteiger partial charge in [0.25, 0.3) is 0 Å². The van der Waals surface area contributed by atoms with Crippen molar-refractivity contribution >= 4 is 26.2 Å². The Bertz CT molecular complexity index is 939. The first-order chi connectivity index (χ1) is 10.9. The Hall–Kier alpha value is -2.23. The normalized spacial score (nSPS) is 11.4. The summed E-state index contributed by atoms with van der Waals surface area (Å²) in [6.45, 7) is 0. The lowest BCUT2D eigenvalue weighted by molar-refractivity contribution is 0.488. The van der Waals surface area contributed by atoms with E-state index in [0.29, 0.717) is 5.69 Å². The van der Waals surface area contributed by atoms with Crippen LogP contribution in [0.25, 0.3) is 16.9 Å². The van der Waals surface area contributed by atoms with Crippen LogP contribution in [0.15, 0.2) is 59.2 Å². The van der Waals surface area contributed by atoms with Gasteiger partial charge >= 0.3 is 10.3 Å². The summed E-state index contributed by atoms with van der Waals surface area (Å²) >= 11 is 3.41. The topological polar surface area (TPSA) is 100 Å². The average Bonchev–Trinajstić information content (AvgIpc) is 2.96. The van der Waals surface area contributed by atoms with Crippen LogP contribution in [-0.4, -0.2) is 23.4 Å². The van der Waals surface area contributed by atoms with Crippen molar-refractivity contribution in [3.8, 4) is 22.7 Å². The molecule has 23 heavy (non-hydrogen) atoms. The first kappa shape index (κ1) is 15.7. The molecule has 3 aromatic rings. The third-order valence-electron chi connectivity index (χ3n) is 2.93. The largest absolute Gasteiger partial charge is 0.380 e. The lowest BCUT2D eigenvalue weighted by Gasteiger charge is -2.02. The number of hydrogen-bond acceptors (Lipinski definition) is 5. The lowest BCUT2D eigenvalue weighted by atomic mass is 10.2. The lowest BCUT2D eigenvalue weighted by Crippen LogP contribution is -2.18. The van der Waals surface area contributed by atoms with Crippen molar-refractivity contribution in [3.63, 3.8) is 0 Å². The Morgan fingerprint density at radius 1 is 1.13 bits per heavy atom. The fourth-order valence-electron chi connectivity index (χ4n) is 1.96. The van der Waals surface area contributed by atoms with Crippen LogP contribution in [-0.2, 0) is 10.3 Å². The number of halogens is 1. The van der Waals surface area contributed by atoms with Crippen molar-refractivity contribution in [1.29, 1.82) is 0 Å². The summed E-state index contributed by atoms with van der Waals surface area (Å²) in [6, 6.07) is 14.0. The molecule has 3 rings (SSSR count). The molecule has 0 radical (unpaired) electrons. The predicted molar refractivity (Wildman–Crippen MR) is 88.2 cm³/mol. The number of aromatic nitrogens is 3. The van der Waals surface area contributed by atoms with Gasteiger partial charge in [-0.2, -0.15) is 13.6 Å². The summed E-state index contributed by atoms with van der Waals surface area (Å²) in [4.78, 5) is 0. The van der Waals surface area contributed by atoms with Gasteiger partial charge in [0.1, 0.15) is 11.4 Å². The monoisotopic (exact) mass is 394 g/mol. The molecule has 118 valence electrons. The van der Waals surface area contributed by atoms with Crippen LogP contribution in [0.2, 0.25) is 0 Å². The molecule has 1 aromatic heterocycles. The van der Waals surface area contributed by atoms with Crippen molar-refractivity contribution in [2.75, 3.05) is 0 Å². The van der Waals surface area contributed by atoms with Gasteiger partial charge in [0.15, 0.2) is 0 Å². The maximum absolute atomic E-state index is 10.9. The van der Waals surface area contributed by atoms with E-state index >= 15 is 0 Å². The Labute approximate surface area is 141 Å². The molecular weight excluding hydrogens is 384 g/mol. The van der Waals surface area contributed by atoms with E-state index in [2.05, 4.69) is 30.4 Å². The average molecular weight is 395 g/mol. The molecule has 0 aliphatic rings. The molecule has 0 aliphatic carbocycles. The number of rotatable bonds is 4. The first-order valence-corrected chi connectivity index (χ1v) is 8.68. The zero-order chi connectivity index (χ0) is 16.4. The van der Waals surface area contributed by atoms with Crippen molar-refractivity contribution in [2.45, 2.75) is 0 Å². The van der Waals surface area contributed by atoms with E-state index in [1.807, 2.05) is 24.3 Å². The molecule has 9 heteroatoms. The second kappa shape index (κ2) is 6.11. The molecule has 2 aromatic carbocycles. The molecule has 0 unspecified atom stereocenters.